The predicted octanol–water partition coefficient (Wildman–Crippen LogP) is 1.18. The summed E-state index contributed by atoms with van der Waals surface area (Å²) in [6.07, 6.45) is -0.243. The van der Waals surface area contributed by atoms with E-state index in [9.17, 15) is 13.2 Å². The topological polar surface area (TPSA) is 83.9 Å². The van der Waals surface area contributed by atoms with Crippen molar-refractivity contribution >= 4 is 16.0 Å². The number of carboxylic acids is 1. The smallest absolute Gasteiger partial charge is 0.304 e. The van der Waals surface area contributed by atoms with Crippen LogP contribution in [0.5, 0.6) is 5.75 Å². The van der Waals surface area contributed by atoms with E-state index >= 15 is 0 Å². The molecule has 6 nitrogen and oxygen atoms in total. The molecular formula is C14H17NO5S. The van der Waals surface area contributed by atoms with E-state index in [0.717, 1.165) is 4.31 Å². The molecule has 1 aromatic carbocycles. The van der Waals surface area contributed by atoms with Gasteiger partial charge in [0.25, 0.3) is 0 Å². The van der Waals surface area contributed by atoms with E-state index < -0.39 is 16.0 Å². The van der Waals surface area contributed by atoms with Gasteiger partial charge in [0.15, 0.2) is 0 Å². The quantitative estimate of drug-likeness (QED) is 0.765. The molecule has 114 valence electrons. The summed E-state index contributed by atoms with van der Waals surface area (Å²) >= 11 is 0. The maximum Gasteiger partial charge on any atom is 0.304 e. The molecule has 1 aromatic rings. The van der Waals surface area contributed by atoms with Gasteiger partial charge in [-0.3, -0.25) is 4.79 Å². The number of hydrogen-bond donors (Lipinski definition) is 1. The normalized spacial score (nSPS) is 10.8. The Balaban J connectivity index is 2.78. The van der Waals surface area contributed by atoms with Gasteiger partial charge in [0.2, 0.25) is 10.0 Å². The molecule has 21 heavy (non-hydrogen) atoms. The number of sulfonamides is 1. The first-order valence-electron chi connectivity index (χ1n) is 6.18. The van der Waals surface area contributed by atoms with E-state index in [1.807, 2.05) is 0 Å². The fraction of sp³-hybridized carbons (Fsp3) is 0.357. The van der Waals surface area contributed by atoms with Gasteiger partial charge in [-0.05, 0) is 31.2 Å². The average molecular weight is 311 g/mol. The van der Waals surface area contributed by atoms with Crippen LogP contribution in [0.1, 0.15) is 13.3 Å². The van der Waals surface area contributed by atoms with Gasteiger partial charge in [-0.25, -0.2) is 12.7 Å². The molecule has 0 aromatic heterocycles. The largest absolute Gasteiger partial charge is 0.481 e. The van der Waals surface area contributed by atoms with Crippen molar-refractivity contribution in [3.05, 3.63) is 24.3 Å². The zero-order valence-corrected chi connectivity index (χ0v) is 12.7. The lowest BCUT2D eigenvalue weighted by Gasteiger charge is -2.16. The Bertz CT molecular complexity index is 640. The van der Waals surface area contributed by atoms with Crippen molar-refractivity contribution in [2.75, 3.05) is 20.2 Å². The second kappa shape index (κ2) is 7.67. The van der Waals surface area contributed by atoms with Crippen LogP contribution in [0.4, 0.5) is 0 Å². The average Bonchev–Trinajstić information content (AvgIpc) is 2.45. The van der Waals surface area contributed by atoms with Crippen LogP contribution in [0.3, 0.4) is 0 Å². The SMILES string of the molecule is CC#CCOc1ccc(S(=O)(=O)N(C)CCC(=O)O)cc1. The molecule has 1 rings (SSSR count). The third kappa shape index (κ3) is 5.10. The molecule has 0 heterocycles. The summed E-state index contributed by atoms with van der Waals surface area (Å²) in [4.78, 5) is 10.6. The fourth-order valence-electron chi connectivity index (χ4n) is 1.45. The molecule has 0 bridgehead atoms. The zero-order valence-electron chi connectivity index (χ0n) is 11.9. The van der Waals surface area contributed by atoms with Crippen molar-refractivity contribution in [2.45, 2.75) is 18.2 Å². The Morgan fingerprint density at radius 3 is 2.48 bits per heavy atom. The molecule has 0 unspecified atom stereocenters. The Hall–Kier alpha value is -2.04. The maximum atomic E-state index is 12.2. The number of carbonyl (C=O) groups is 1. The van der Waals surface area contributed by atoms with Crippen LogP contribution >= 0.6 is 0 Å². The summed E-state index contributed by atoms with van der Waals surface area (Å²) in [6, 6.07) is 5.91. The molecule has 0 aliphatic heterocycles. The second-order valence-electron chi connectivity index (χ2n) is 4.16. The van der Waals surface area contributed by atoms with Gasteiger partial charge in [-0.1, -0.05) is 5.92 Å². The minimum atomic E-state index is -3.69. The zero-order chi connectivity index (χ0) is 15.9. The minimum Gasteiger partial charge on any atom is -0.481 e. The number of nitrogens with zero attached hydrogens (tertiary/aromatic N) is 1. The van der Waals surface area contributed by atoms with Crippen LogP contribution in [0.25, 0.3) is 0 Å². The highest BCUT2D eigenvalue weighted by Gasteiger charge is 2.21. The van der Waals surface area contributed by atoms with Gasteiger partial charge >= 0.3 is 5.97 Å². The first-order valence-corrected chi connectivity index (χ1v) is 7.62. The van der Waals surface area contributed by atoms with Gasteiger partial charge in [0.1, 0.15) is 12.4 Å². The summed E-state index contributed by atoms with van der Waals surface area (Å²) in [5.74, 6) is 4.89. The van der Waals surface area contributed by atoms with Crippen LogP contribution in [0, 0.1) is 11.8 Å². The van der Waals surface area contributed by atoms with Crippen molar-refractivity contribution in [1.29, 1.82) is 0 Å². The molecular weight excluding hydrogens is 294 g/mol. The number of rotatable bonds is 7. The monoisotopic (exact) mass is 311 g/mol. The van der Waals surface area contributed by atoms with Crippen molar-refractivity contribution in [3.63, 3.8) is 0 Å². The summed E-state index contributed by atoms with van der Waals surface area (Å²) in [6.45, 7) is 1.86. The van der Waals surface area contributed by atoms with Crippen LogP contribution < -0.4 is 4.74 Å². The first-order chi connectivity index (χ1) is 9.87. The molecule has 0 aliphatic rings. The van der Waals surface area contributed by atoms with Crippen LogP contribution in [0.15, 0.2) is 29.2 Å². The molecule has 0 aliphatic carbocycles. The van der Waals surface area contributed by atoms with Crippen molar-refractivity contribution in [3.8, 4) is 17.6 Å². The van der Waals surface area contributed by atoms with Crippen molar-refractivity contribution in [1.82, 2.24) is 4.31 Å². The Labute approximate surface area is 124 Å². The highest BCUT2D eigenvalue weighted by atomic mass is 32.2. The lowest BCUT2D eigenvalue weighted by atomic mass is 10.3. The van der Waals surface area contributed by atoms with E-state index in [4.69, 9.17) is 9.84 Å². The second-order valence-corrected chi connectivity index (χ2v) is 6.20. The lowest BCUT2D eigenvalue weighted by molar-refractivity contribution is -0.137. The molecule has 0 radical (unpaired) electrons. The maximum absolute atomic E-state index is 12.2. The van der Waals surface area contributed by atoms with Gasteiger partial charge < -0.3 is 9.84 Å². The molecule has 0 fully saturated rings. The van der Waals surface area contributed by atoms with E-state index in [2.05, 4.69) is 11.8 Å². The fourth-order valence-corrected chi connectivity index (χ4v) is 2.62. The standard InChI is InChI=1S/C14H17NO5S/c1-3-4-11-20-12-5-7-13(8-6-12)21(18,19)15(2)10-9-14(16)17/h5-8H,9-11H2,1-2H3,(H,16,17). The molecule has 7 heteroatoms. The van der Waals surface area contributed by atoms with E-state index in [1.165, 1.54) is 31.3 Å². The third-order valence-corrected chi connectivity index (χ3v) is 4.53. The molecule has 0 spiro atoms. The summed E-state index contributed by atoms with van der Waals surface area (Å²) in [7, 11) is -2.34. The number of benzene rings is 1. The number of hydrogen-bond acceptors (Lipinski definition) is 4. The van der Waals surface area contributed by atoms with Gasteiger partial charge in [0.05, 0.1) is 11.3 Å². The number of carboxylic acid groups (broad SMARTS) is 1. The van der Waals surface area contributed by atoms with E-state index in [-0.39, 0.29) is 24.5 Å². The number of aliphatic carboxylic acids is 1. The van der Waals surface area contributed by atoms with Gasteiger partial charge in [-0.15, -0.1) is 5.92 Å². The molecule has 0 saturated carbocycles. The molecule has 0 saturated heterocycles. The molecule has 0 atom stereocenters. The summed E-state index contributed by atoms with van der Waals surface area (Å²) in [5.41, 5.74) is 0. The van der Waals surface area contributed by atoms with Gasteiger partial charge in [0, 0.05) is 13.6 Å². The van der Waals surface area contributed by atoms with Crippen LogP contribution in [-0.4, -0.2) is 44.0 Å². The number of ether oxygens (including phenoxy) is 1. The highest BCUT2D eigenvalue weighted by molar-refractivity contribution is 7.89. The first kappa shape index (κ1) is 17.0. The molecule has 0 amide bonds. The predicted molar refractivity (Wildman–Crippen MR) is 77.5 cm³/mol. The van der Waals surface area contributed by atoms with Crippen molar-refractivity contribution in [2.24, 2.45) is 0 Å². The Kier molecular flexibility index (Phi) is 6.21. The van der Waals surface area contributed by atoms with Gasteiger partial charge in [-0.2, -0.15) is 0 Å². The van der Waals surface area contributed by atoms with Crippen molar-refractivity contribution < 1.29 is 23.1 Å². The third-order valence-electron chi connectivity index (χ3n) is 2.66. The molecule has 1 N–H and O–H groups in total. The highest BCUT2D eigenvalue weighted by Crippen LogP contribution is 2.18. The van der Waals surface area contributed by atoms with Crippen LogP contribution in [0.2, 0.25) is 0 Å². The lowest BCUT2D eigenvalue weighted by Crippen LogP contribution is -2.29. The minimum absolute atomic E-state index is 0.0813. The van der Waals surface area contributed by atoms with E-state index in [0.29, 0.717) is 5.75 Å². The van der Waals surface area contributed by atoms with Crippen LogP contribution in [-0.2, 0) is 14.8 Å². The Morgan fingerprint density at radius 2 is 1.95 bits per heavy atom. The summed E-state index contributed by atoms with van der Waals surface area (Å²) < 4.78 is 30.7. The summed E-state index contributed by atoms with van der Waals surface area (Å²) in [5, 5.41) is 8.59. The Morgan fingerprint density at radius 1 is 1.33 bits per heavy atom. The van der Waals surface area contributed by atoms with E-state index in [1.54, 1.807) is 6.92 Å².